The lowest BCUT2D eigenvalue weighted by Gasteiger charge is -2.21. The van der Waals surface area contributed by atoms with E-state index in [1.807, 2.05) is 20.8 Å². The van der Waals surface area contributed by atoms with E-state index in [1.54, 1.807) is 52.6 Å². The first-order valence-electron chi connectivity index (χ1n) is 7.86. The average Bonchev–Trinajstić information content (AvgIpc) is 3.27. The molecule has 0 radical (unpaired) electrons. The van der Waals surface area contributed by atoms with Gasteiger partial charge in [0.05, 0.1) is 10.8 Å². The van der Waals surface area contributed by atoms with E-state index in [9.17, 15) is 4.39 Å². The summed E-state index contributed by atoms with van der Waals surface area (Å²) in [6.07, 6.45) is 10.3. The smallest absolute Gasteiger partial charge is 0.190 e. The van der Waals surface area contributed by atoms with E-state index in [0.29, 0.717) is 16.5 Å². The molecule has 0 N–H and O–H groups in total. The molecule has 0 unspecified atom stereocenters. The number of benzene rings is 1. The highest BCUT2D eigenvalue weighted by atomic mass is 32.1. The third kappa shape index (κ3) is 6.82. The van der Waals surface area contributed by atoms with Crippen LogP contribution in [0.25, 0.3) is 0 Å². The van der Waals surface area contributed by atoms with Gasteiger partial charge in [-0.15, -0.1) is 0 Å². The Morgan fingerprint density at radius 3 is 2.15 bits per heavy atom. The number of imidazole rings is 2. The molecule has 9 heteroatoms. The normalized spacial score (nSPS) is 10.4. The number of isothiocyanates is 1. The summed E-state index contributed by atoms with van der Waals surface area (Å²) < 4.78 is 22.1. The van der Waals surface area contributed by atoms with Crippen LogP contribution in [0.5, 0.6) is 5.75 Å². The molecule has 0 aliphatic heterocycles. The Kier molecular flexibility index (Phi) is 7.06. The fraction of sp³-hybridized carbons (Fsp3) is 0.222. The number of ether oxygens (including phenoxy) is 1. The molecule has 6 nitrogen and oxygen atoms in total. The maximum absolute atomic E-state index is 13.1. The molecule has 140 valence electrons. The Labute approximate surface area is 167 Å². The number of hydrogen-bond donors (Lipinski definition) is 0. The van der Waals surface area contributed by atoms with Gasteiger partial charge in [0.2, 0.25) is 0 Å². The summed E-state index contributed by atoms with van der Waals surface area (Å²) in [6, 6.07) is 4.20. The second-order valence-electron chi connectivity index (χ2n) is 6.29. The zero-order valence-corrected chi connectivity index (χ0v) is 16.7. The third-order valence-corrected chi connectivity index (χ3v) is 3.42. The Balaban J connectivity index is 0.000000198. The lowest BCUT2D eigenvalue weighted by atomic mass is 10.2. The van der Waals surface area contributed by atoms with Crippen LogP contribution < -0.4 is 4.74 Å². The van der Waals surface area contributed by atoms with Gasteiger partial charge in [-0.05, 0) is 45.2 Å². The summed E-state index contributed by atoms with van der Waals surface area (Å²) in [5.41, 5.74) is 0.0381. The van der Waals surface area contributed by atoms with E-state index in [4.69, 9.17) is 17.0 Å². The topological polar surface area (TPSA) is 57.2 Å². The second-order valence-corrected chi connectivity index (χ2v) is 6.83. The number of nitrogens with zero attached hydrogens (tertiary/aromatic N) is 5. The molecular formula is C18H18FN5OS2. The second kappa shape index (κ2) is 9.27. The molecule has 0 saturated heterocycles. The molecule has 0 aliphatic carbocycles. The fourth-order valence-electron chi connectivity index (χ4n) is 1.96. The summed E-state index contributed by atoms with van der Waals surface area (Å²) in [5, 5.41) is 2.83. The molecule has 1 aromatic carbocycles. The van der Waals surface area contributed by atoms with Gasteiger partial charge in [-0.1, -0.05) is 0 Å². The van der Waals surface area contributed by atoms with Crippen LogP contribution in [0.2, 0.25) is 0 Å². The van der Waals surface area contributed by atoms with Crippen LogP contribution in [0, 0.1) is 5.82 Å². The molecule has 2 heterocycles. The lowest BCUT2D eigenvalue weighted by molar-refractivity contribution is 0.130. The van der Waals surface area contributed by atoms with Crippen LogP contribution >= 0.6 is 24.4 Å². The van der Waals surface area contributed by atoms with Gasteiger partial charge in [0.15, 0.2) is 5.11 Å². The first-order chi connectivity index (χ1) is 12.8. The molecule has 0 spiro atoms. The Morgan fingerprint density at radius 1 is 1.11 bits per heavy atom. The monoisotopic (exact) mass is 403 g/mol. The molecule has 0 amide bonds. The number of aliphatic imine (C=N–C) groups is 1. The standard InChI is InChI=1S/C11H12FNOS.C7H6N4S/c1-11(2,3)14-10-5-8(12)4-9(6-10)13-7-15;12-7(10-3-1-8-5-10)11-4-2-9-6-11/h4-6H,1-3H3;1-6H. The number of rotatable bonds is 2. The number of hydrogen-bond acceptors (Lipinski definition) is 6. The van der Waals surface area contributed by atoms with Crippen molar-refractivity contribution in [2.45, 2.75) is 26.4 Å². The van der Waals surface area contributed by atoms with Crippen molar-refractivity contribution in [2.75, 3.05) is 0 Å². The van der Waals surface area contributed by atoms with Crippen molar-refractivity contribution < 1.29 is 9.13 Å². The summed E-state index contributed by atoms with van der Waals surface area (Å²) >= 11 is 9.59. The van der Waals surface area contributed by atoms with Crippen molar-refractivity contribution in [1.82, 2.24) is 19.1 Å². The lowest BCUT2D eigenvalue weighted by Crippen LogP contribution is -2.22. The van der Waals surface area contributed by atoms with Gasteiger partial charge in [0.25, 0.3) is 0 Å². The molecule has 0 atom stereocenters. The van der Waals surface area contributed by atoms with E-state index in [-0.39, 0.29) is 5.60 Å². The minimum absolute atomic E-state index is 0.369. The molecule has 3 aromatic rings. The minimum atomic E-state index is -0.402. The zero-order valence-electron chi connectivity index (χ0n) is 15.0. The summed E-state index contributed by atoms with van der Waals surface area (Å²) in [5.74, 6) is 0.0345. The molecule has 0 aliphatic rings. The highest BCUT2D eigenvalue weighted by Crippen LogP contribution is 2.25. The highest BCUT2D eigenvalue weighted by Gasteiger charge is 2.12. The van der Waals surface area contributed by atoms with E-state index in [2.05, 4.69) is 32.3 Å². The molecule has 2 aromatic heterocycles. The van der Waals surface area contributed by atoms with Crippen molar-refractivity contribution in [1.29, 1.82) is 0 Å². The van der Waals surface area contributed by atoms with Gasteiger partial charge in [0, 0.05) is 43.0 Å². The van der Waals surface area contributed by atoms with Crippen molar-refractivity contribution in [3.8, 4) is 5.75 Å². The fourth-order valence-corrected chi connectivity index (χ4v) is 2.28. The number of aromatic nitrogens is 4. The number of halogens is 1. The number of thiocarbonyl (C=S) groups is 2. The van der Waals surface area contributed by atoms with Gasteiger partial charge in [0.1, 0.15) is 29.8 Å². The Hall–Kier alpha value is -2.74. The summed E-state index contributed by atoms with van der Waals surface area (Å²) in [6.45, 7) is 5.67. The largest absolute Gasteiger partial charge is 0.488 e. The van der Waals surface area contributed by atoms with E-state index in [0.717, 1.165) is 0 Å². The zero-order chi connectivity index (χ0) is 19.9. The maximum atomic E-state index is 13.1. The van der Waals surface area contributed by atoms with E-state index >= 15 is 0 Å². The van der Waals surface area contributed by atoms with Crippen molar-refractivity contribution in [3.05, 3.63) is 61.5 Å². The Bertz CT molecular complexity index is 891. The van der Waals surface area contributed by atoms with Gasteiger partial charge in [-0.2, -0.15) is 4.99 Å². The molecule has 0 saturated carbocycles. The first kappa shape index (κ1) is 20.6. The third-order valence-electron chi connectivity index (χ3n) is 2.91. The predicted molar refractivity (Wildman–Crippen MR) is 109 cm³/mol. The van der Waals surface area contributed by atoms with Crippen LogP contribution in [0.4, 0.5) is 10.1 Å². The van der Waals surface area contributed by atoms with Crippen LogP contribution in [0.3, 0.4) is 0 Å². The van der Waals surface area contributed by atoms with Crippen molar-refractivity contribution >= 4 is 40.4 Å². The maximum Gasteiger partial charge on any atom is 0.190 e. The molecular weight excluding hydrogens is 385 g/mol. The average molecular weight is 404 g/mol. The molecule has 0 fully saturated rings. The van der Waals surface area contributed by atoms with Gasteiger partial charge in [-0.3, -0.25) is 9.13 Å². The van der Waals surface area contributed by atoms with Gasteiger partial charge < -0.3 is 4.74 Å². The molecule has 0 bridgehead atoms. The van der Waals surface area contributed by atoms with Gasteiger partial charge in [-0.25, -0.2) is 14.4 Å². The highest BCUT2D eigenvalue weighted by molar-refractivity contribution is 7.80. The first-order valence-corrected chi connectivity index (χ1v) is 8.68. The van der Waals surface area contributed by atoms with E-state index < -0.39 is 5.82 Å². The Morgan fingerprint density at radius 2 is 1.70 bits per heavy atom. The van der Waals surface area contributed by atoms with Gasteiger partial charge >= 0.3 is 0 Å². The SMILES string of the molecule is CC(C)(C)Oc1cc(F)cc(N=C=S)c1.S=C(n1ccnc1)n1ccnc1. The summed E-state index contributed by atoms with van der Waals surface area (Å²) in [7, 11) is 0. The van der Waals surface area contributed by atoms with E-state index in [1.165, 1.54) is 12.1 Å². The quantitative estimate of drug-likeness (QED) is 0.466. The molecule has 3 rings (SSSR count). The summed E-state index contributed by atoms with van der Waals surface area (Å²) in [4.78, 5) is 11.5. The van der Waals surface area contributed by atoms with Crippen LogP contribution in [0.15, 0.2) is 60.6 Å². The van der Waals surface area contributed by atoms with Crippen LogP contribution in [-0.4, -0.2) is 35.0 Å². The van der Waals surface area contributed by atoms with Crippen LogP contribution in [0.1, 0.15) is 20.8 Å². The molecule has 27 heavy (non-hydrogen) atoms. The minimum Gasteiger partial charge on any atom is -0.488 e. The van der Waals surface area contributed by atoms with Crippen molar-refractivity contribution in [2.24, 2.45) is 4.99 Å². The van der Waals surface area contributed by atoms with Crippen molar-refractivity contribution in [3.63, 3.8) is 0 Å². The van der Waals surface area contributed by atoms with Crippen LogP contribution in [-0.2, 0) is 0 Å². The predicted octanol–water partition coefficient (Wildman–Crippen LogP) is 4.50.